The standard InChI is InChI=1S/C14H26N2O2/c1-15-13(14(17)18)5-6-16(2)9-12-8-10-3-4-11(12)7-10/h10-13,15H,3-9H2,1-2H3,(H,17,18). The Morgan fingerprint density at radius 1 is 1.44 bits per heavy atom. The van der Waals surface area contributed by atoms with Crippen LogP contribution in [-0.4, -0.2) is 49.2 Å². The van der Waals surface area contributed by atoms with Crippen molar-refractivity contribution in [3.05, 3.63) is 0 Å². The van der Waals surface area contributed by atoms with E-state index in [2.05, 4.69) is 17.3 Å². The van der Waals surface area contributed by atoms with Gasteiger partial charge in [-0.15, -0.1) is 0 Å². The van der Waals surface area contributed by atoms with E-state index in [1.165, 1.54) is 25.7 Å². The van der Waals surface area contributed by atoms with Gasteiger partial charge in [-0.1, -0.05) is 6.42 Å². The highest BCUT2D eigenvalue weighted by molar-refractivity contribution is 5.73. The molecule has 4 unspecified atom stereocenters. The third kappa shape index (κ3) is 3.23. The second-order valence-corrected chi connectivity index (χ2v) is 6.17. The number of likely N-dealkylation sites (N-methyl/N-ethyl adjacent to an activating group) is 1. The molecule has 0 spiro atoms. The van der Waals surface area contributed by atoms with E-state index < -0.39 is 12.0 Å². The summed E-state index contributed by atoms with van der Waals surface area (Å²) in [6, 6.07) is -0.410. The third-order valence-electron chi connectivity index (χ3n) is 4.88. The van der Waals surface area contributed by atoms with E-state index in [4.69, 9.17) is 5.11 Å². The lowest BCUT2D eigenvalue weighted by Crippen LogP contribution is -2.38. The highest BCUT2D eigenvalue weighted by Crippen LogP contribution is 2.48. The van der Waals surface area contributed by atoms with Gasteiger partial charge in [0.1, 0.15) is 6.04 Å². The lowest BCUT2D eigenvalue weighted by Gasteiger charge is -2.27. The molecular formula is C14H26N2O2. The van der Waals surface area contributed by atoms with E-state index in [-0.39, 0.29) is 0 Å². The molecule has 2 rings (SSSR count). The monoisotopic (exact) mass is 254 g/mol. The second-order valence-electron chi connectivity index (χ2n) is 6.17. The van der Waals surface area contributed by atoms with Crippen molar-refractivity contribution in [3.63, 3.8) is 0 Å². The minimum atomic E-state index is -0.745. The largest absolute Gasteiger partial charge is 0.480 e. The quantitative estimate of drug-likeness (QED) is 0.721. The Labute approximate surface area is 110 Å². The molecule has 0 radical (unpaired) electrons. The van der Waals surface area contributed by atoms with Gasteiger partial charge >= 0.3 is 5.97 Å². The van der Waals surface area contributed by atoms with E-state index in [1.807, 2.05) is 0 Å². The molecule has 2 aliphatic carbocycles. The maximum absolute atomic E-state index is 10.9. The molecule has 2 bridgehead atoms. The molecule has 0 aromatic rings. The molecule has 104 valence electrons. The predicted octanol–water partition coefficient (Wildman–Crippen LogP) is 1.42. The van der Waals surface area contributed by atoms with E-state index in [9.17, 15) is 4.79 Å². The fourth-order valence-corrected chi connectivity index (χ4v) is 3.83. The van der Waals surface area contributed by atoms with Crippen LogP contribution in [-0.2, 0) is 4.79 Å². The van der Waals surface area contributed by atoms with E-state index >= 15 is 0 Å². The Morgan fingerprint density at radius 3 is 2.72 bits per heavy atom. The summed E-state index contributed by atoms with van der Waals surface area (Å²) in [6.45, 7) is 2.02. The number of hydrogen-bond donors (Lipinski definition) is 2. The molecule has 0 saturated heterocycles. The first kappa shape index (κ1) is 13.8. The molecule has 4 nitrogen and oxygen atoms in total. The number of hydrogen-bond acceptors (Lipinski definition) is 3. The topological polar surface area (TPSA) is 52.6 Å². The van der Waals surface area contributed by atoms with Crippen LogP contribution in [0, 0.1) is 17.8 Å². The van der Waals surface area contributed by atoms with Crippen LogP contribution >= 0.6 is 0 Å². The lowest BCUT2D eigenvalue weighted by atomic mass is 9.88. The summed E-state index contributed by atoms with van der Waals surface area (Å²) in [7, 11) is 3.84. The Balaban J connectivity index is 1.69. The van der Waals surface area contributed by atoms with Crippen molar-refractivity contribution in [2.75, 3.05) is 27.2 Å². The molecular weight excluding hydrogens is 228 g/mol. The fourth-order valence-electron chi connectivity index (χ4n) is 3.83. The number of rotatable bonds is 7. The summed E-state index contributed by atoms with van der Waals surface area (Å²) < 4.78 is 0. The van der Waals surface area contributed by atoms with Crippen LogP contribution < -0.4 is 5.32 Å². The Morgan fingerprint density at radius 2 is 2.22 bits per heavy atom. The molecule has 0 aliphatic heterocycles. The molecule has 0 heterocycles. The molecule has 0 aromatic heterocycles. The van der Waals surface area contributed by atoms with Gasteiger partial charge in [0.15, 0.2) is 0 Å². The molecule has 2 saturated carbocycles. The fraction of sp³-hybridized carbons (Fsp3) is 0.929. The molecule has 4 atom stereocenters. The summed E-state index contributed by atoms with van der Waals surface area (Å²) in [5, 5.41) is 11.8. The van der Waals surface area contributed by atoms with Crippen LogP contribution in [0.15, 0.2) is 0 Å². The minimum absolute atomic E-state index is 0.410. The Hall–Kier alpha value is -0.610. The van der Waals surface area contributed by atoms with E-state index in [1.54, 1.807) is 7.05 Å². The first-order chi connectivity index (χ1) is 8.60. The maximum atomic E-state index is 10.9. The van der Waals surface area contributed by atoms with Crippen molar-refractivity contribution in [2.45, 2.75) is 38.1 Å². The predicted molar refractivity (Wildman–Crippen MR) is 71.5 cm³/mol. The van der Waals surface area contributed by atoms with Crippen molar-refractivity contribution in [1.82, 2.24) is 10.2 Å². The summed E-state index contributed by atoms with van der Waals surface area (Å²) in [6.07, 6.45) is 6.42. The molecule has 0 aromatic carbocycles. The zero-order chi connectivity index (χ0) is 13.1. The Bertz CT molecular complexity index is 296. The van der Waals surface area contributed by atoms with E-state index in [0.29, 0.717) is 6.42 Å². The Kier molecular flexibility index (Phi) is 4.62. The van der Waals surface area contributed by atoms with Gasteiger partial charge in [-0.05, 0) is 64.1 Å². The summed E-state index contributed by atoms with van der Waals surface area (Å²) in [4.78, 5) is 13.2. The minimum Gasteiger partial charge on any atom is -0.480 e. The van der Waals surface area contributed by atoms with Crippen LogP contribution in [0.2, 0.25) is 0 Å². The number of carbonyl (C=O) groups is 1. The zero-order valence-corrected chi connectivity index (χ0v) is 11.6. The number of carboxylic acid groups (broad SMARTS) is 1. The molecule has 18 heavy (non-hydrogen) atoms. The van der Waals surface area contributed by atoms with Crippen LogP contribution in [0.3, 0.4) is 0 Å². The van der Waals surface area contributed by atoms with Crippen LogP contribution in [0.4, 0.5) is 0 Å². The van der Waals surface area contributed by atoms with Crippen LogP contribution in [0.1, 0.15) is 32.1 Å². The second kappa shape index (κ2) is 6.02. The van der Waals surface area contributed by atoms with Gasteiger partial charge in [-0.3, -0.25) is 4.79 Å². The van der Waals surface area contributed by atoms with Gasteiger partial charge in [0.2, 0.25) is 0 Å². The van der Waals surface area contributed by atoms with Crippen LogP contribution in [0.25, 0.3) is 0 Å². The van der Waals surface area contributed by atoms with Crippen molar-refractivity contribution in [2.24, 2.45) is 17.8 Å². The zero-order valence-electron chi connectivity index (χ0n) is 11.6. The molecule has 2 fully saturated rings. The van der Waals surface area contributed by atoms with Gasteiger partial charge in [-0.25, -0.2) is 0 Å². The summed E-state index contributed by atoms with van der Waals surface area (Å²) >= 11 is 0. The highest BCUT2D eigenvalue weighted by Gasteiger charge is 2.39. The van der Waals surface area contributed by atoms with Crippen molar-refractivity contribution in [1.29, 1.82) is 0 Å². The first-order valence-electron chi connectivity index (χ1n) is 7.18. The van der Waals surface area contributed by atoms with Gasteiger partial charge in [0.05, 0.1) is 0 Å². The van der Waals surface area contributed by atoms with Gasteiger partial charge < -0.3 is 15.3 Å². The average Bonchev–Trinajstić information content (AvgIpc) is 2.91. The van der Waals surface area contributed by atoms with Gasteiger partial charge in [0, 0.05) is 6.54 Å². The molecule has 2 N–H and O–H groups in total. The number of fused-ring (bicyclic) bond motifs is 2. The van der Waals surface area contributed by atoms with Crippen molar-refractivity contribution >= 4 is 5.97 Å². The smallest absolute Gasteiger partial charge is 0.320 e. The van der Waals surface area contributed by atoms with Crippen molar-refractivity contribution in [3.8, 4) is 0 Å². The maximum Gasteiger partial charge on any atom is 0.320 e. The number of nitrogens with zero attached hydrogens (tertiary/aromatic N) is 1. The normalized spacial score (nSPS) is 32.1. The molecule has 2 aliphatic rings. The van der Waals surface area contributed by atoms with E-state index in [0.717, 1.165) is 30.8 Å². The first-order valence-corrected chi connectivity index (χ1v) is 7.18. The summed E-state index contributed by atoms with van der Waals surface area (Å²) in [5.41, 5.74) is 0. The highest BCUT2D eigenvalue weighted by atomic mass is 16.4. The van der Waals surface area contributed by atoms with Crippen LogP contribution in [0.5, 0.6) is 0 Å². The number of nitrogens with one attached hydrogen (secondary N) is 1. The lowest BCUT2D eigenvalue weighted by molar-refractivity contribution is -0.139. The SMILES string of the molecule is CNC(CCN(C)CC1CC2CCC1C2)C(=O)O. The third-order valence-corrected chi connectivity index (χ3v) is 4.88. The van der Waals surface area contributed by atoms with Gasteiger partial charge in [-0.2, -0.15) is 0 Å². The molecule has 0 amide bonds. The van der Waals surface area contributed by atoms with Gasteiger partial charge in [0.25, 0.3) is 0 Å². The average molecular weight is 254 g/mol. The summed E-state index contributed by atoms with van der Waals surface area (Å²) in [5.74, 6) is 2.08. The van der Waals surface area contributed by atoms with Crippen molar-refractivity contribution < 1.29 is 9.90 Å². The number of carboxylic acids is 1. The number of aliphatic carboxylic acids is 1. The molecule has 4 heteroatoms.